The van der Waals surface area contributed by atoms with Crippen molar-refractivity contribution < 1.29 is 28.2 Å². The fraction of sp³-hybridized carbons (Fsp3) is 0.643. The van der Waals surface area contributed by atoms with E-state index in [1.807, 2.05) is 13.0 Å². The van der Waals surface area contributed by atoms with Crippen molar-refractivity contribution >= 4 is 22.6 Å². The molecule has 1 heterocycles. The van der Waals surface area contributed by atoms with Gasteiger partial charge in [-0.25, -0.2) is 0 Å². The van der Waals surface area contributed by atoms with Gasteiger partial charge in [0.2, 0.25) is 0 Å². The lowest BCUT2D eigenvalue weighted by Gasteiger charge is -2.43. The molecule has 1 fully saturated rings. The third kappa shape index (κ3) is 16.5. The average molecular weight is 1110 g/mol. The lowest BCUT2D eigenvalue weighted by atomic mass is 9.69. The normalized spacial score (nSPS) is 16.1. The standard InChI is InChI=1S/C38H60O4Si.C32H52O2Si/c1-13-38(14-2,31-21-22-33(28(4)25-31)40-26-32-16-15-17-35(39)41-32)30-20-18-29(27(3)24-30)19-23-34(36(5,6)7)42-43(11,12)37(8,9)10;1-13-32(14-2,27-18-19-28(33)24(4)22-27)26-17-15-25(23(3)21-26)16-20-29(30(5,6)7)34-35(11,12)31(8,9)10/h18,20-22,24-25,32,34H,13-17,19,23,26H2,1-12H3;15,17-19,21-22,29,33H,13-14,16,20H2,1-12H3/t32-,34?;/m0./s1. The van der Waals surface area contributed by atoms with E-state index in [0.29, 0.717) is 18.8 Å². The molecule has 0 amide bonds. The highest BCUT2D eigenvalue weighted by atomic mass is 28.4. The van der Waals surface area contributed by atoms with Gasteiger partial charge < -0.3 is 23.4 Å². The molecule has 0 aliphatic carbocycles. The smallest absolute Gasteiger partial charge is 0.306 e. The zero-order valence-corrected chi connectivity index (χ0v) is 56.1. The lowest BCUT2D eigenvalue weighted by molar-refractivity contribution is -0.155. The van der Waals surface area contributed by atoms with Gasteiger partial charge >= 0.3 is 5.97 Å². The Labute approximate surface area is 480 Å². The van der Waals surface area contributed by atoms with Crippen LogP contribution in [0.1, 0.15) is 224 Å². The van der Waals surface area contributed by atoms with Crippen molar-refractivity contribution in [2.45, 2.75) is 275 Å². The number of benzene rings is 4. The molecule has 4 aromatic carbocycles. The topological polar surface area (TPSA) is 74.2 Å². The number of rotatable bonds is 21. The number of cyclic esters (lactones) is 1. The maximum atomic E-state index is 11.7. The Hall–Kier alpha value is -3.70. The summed E-state index contributed by atoms with van der Waals surface area (Å²) in [6.07, 6.45) is 10.8. The summed E-state index contributed by atoms with van der Waals surface area (Å²) in [5.74, 6) is 1.12. The first kappa shape index (κ1) is 66.8. The molecule has 1 aliphatic heterocycles. The number of hydrogen-bond donors (Lipinski definition) is 1. The monoisotopic (exact) mass is 1100 g/mol. The number of esters is 1. The molecule has 3 atom stereocenters. The highest BCUT2D eigenvalue weighted by Gasteiger charge is 2.43. The Kier molecular flexibility index (Phi) is 22.7. The van der Waals surface area contributed by atoms with E-state index in [4.69, 9.17) is 18.3 Å². The number of aryl methyl sites for hydroxylation is 6. The van der Waals surface area contributed by atoms with E-state index >= 15 is 0 Å². The molecule has 5 rings (SSSR count). The fourth-order valence-electron chi connectivity index (χ4n) is 11.1. The van der Waals surface area contributed by atoms with Crippen molar-refractivity contribution in [1.82, 2.24) is 0 Å². The van der Waals surface area contributed by atoms with Crippen LogP contribution in [0.4, 0.5) is 0 Å². The van der Waals surface area contributed by atoms with E-state index in [9.17, 15) is 9.90 Å². The summed E-state index contributed by atoms with van der Waals surface area (Å²) in [4.78, 5) is 11.7. The molecule has 0 aromatic heterocycles. The van der Waals surface area contributed by atoms with Crippen LogP contribution in [0.25, 0.3) is 0 Å². The molecule has 436 valence electrons. The minimum atomic E-state index is -1.87. The molecule has 6 nitrogen and oxygen atoms in total. The number of ether oxygens (including phenoxy) is 2. The molecule has 0 saturated carbocycles. The third-order valence-electron chi connectivity index (χ3n) is 19.1. The van der Waals surface area contributed by atoms with E-state index in [1.165, 1.54) is 44.5 Å². The minimum Gasteiger partial charge on any atom is -0.508 e. The van der Waals surface area contributed by atoms with E-state index in [0.717, 1.165) is 81.1 Å². The van der Waals surface area contributed by atoms with Gasteiger partial charge in [0.15, 0.2) is 16.6 Å². The molecule has 1 saturated heterocycles. The first-order valence-electron chi connectivity index (χ1n) is 30.2. The molecule has 1 N–H and O–H groups in total. The van der Waals surface area contributed by atoms with Gasteiger partial charge in [0.25, 0.3) is 0 Å². The van der Waals surface area contributed by atoms with Crippen molar-refractivity contribution in [3.05, 3.63) is 128 Å². The van der Waals surface area contributed by atoms with Crippen molar-refractivity contribution in [3.63, 3.8) is 0 Å². The average Bonchev–Trinajstić information content (AvgIpc) is 3.33. The van der Waals surface area contributed by atoms with E-state index in [1.54, 1.807) is 0 Å². The Balaban J connectivity index is 0.000000344. The van der Waals surface area contributed by atoms with Crippen LogP contribution in [0.5, 0.6) is 11.5 Å². The number of aromatic hydroxyl groups is 1. The Bertz CT molecular complexity index is 2570. The molecule has 78 heavy (non-hydrogen) atoms. The molecule has 1 aliphatic rings. The predicted octanol–water partition coefficient (Wildman–Crippen LogP) is 19.7. The first-order chi connectivity index (χ1) is 35.9. The third-order valence-corrected chi connectivity index (χ3v) is 28.1. The van der Waals surface area contributed by atoms with Crippen molar-refractivity contribution in [3.8, 4) is 11.5 Å². The SMILES string of the molecule is CCC(CC)(c1ccc(CCC(O[Si](C)(C)C(C)(C)C)C(C)(C)C)c(C)c1)c1ccc(OC[C@@H]2CCCC(=O)O2)c(C)c1.CCC(CC)(c1ccc(O)c(C)c1)c1ccc(CCC(O[Si](C)(C)C(C)(C)C)C(C)(C)C)c(C)c1. The van der Waals surface area contributed by atoms with E-state index in [2.05, 4.69) is 224 Å². The maximum absolute atomic E-state index is 11.7. The second kappa shape index (κ2) is 26.5. The Morgan fingerprint density at radius 1 is 0.551 bits per heavy atom. The summed E-state index contributed by atoms with van der Waals surface area (Å²) in [5.41, 5.74) is 13.1. The van der Waals surface area contributed by atoms with Gasteiger partial charge in [-0.1, -0.05) is 171 Å². The summed E-state index contributed by atoms with van der Waals surface area (Å²) >= 11 is 0. The summed E-state index contributed by atoms with van der Waals surface area (Å²) in [6, 6.07) is 27.0. The van der Waals surface area contributed by atoms with Gasteiger partial charge in [-0.2, -0.15) is 0 Å². The Morgan fingerprint density at radius 2 is 0.923 bits per heavy atom. The van der Waals surface area contributed by atoms with Crippen LogP contribution in [-0.4, -0.2) is 52.6 Å². The van der Waals surface area contributed by atoms with Crippen LogP contribution >= 0.6 is 0 Å². The number of carbonyl (C=O) groups is 1. The minimum absolute atomic E-state index is 0.0405. The highest BCUT2D eigenvalue weighted by Crippen LogP contribution is 2.45. The van der Waals surface area contributed by atoms with Gasteiger partial charge in [0, 0.05) is 17.3 Å². The zero-order chi connectivity index (χ0) is 59.0. The summed E-state index contributed by atoms with van der Waals surface area (Å²) in [5, 5.41) is 10.5. The van der Waals surface area contributed by atoms with Crippen molar-refractivity contribution in [2.75, 3.05) is 6.61 Å². The second-order valence-corrected chi connectivity index (χ2v) is 38.2. The molecule has 4 aromatic rings. The van der Waals surface area contributed by atoms with Gasteiger partial charge in [0.1, 0.15) is 24.2 Å². The van der Waals surface area contributed by atoms with Crippen LogP contribution in [0.2, 0.25) is 36.3 Å². The summed E-state index contributed by atoms with van der Waals surface area (Å²) in [6.45, 7) is 55.6. The molecule has 0 bridgehead atoms. The second-order valence-electron chi connectivity index (χ2n) is 28.7. The summed E-state index contributed by atoms with van der Waals surface area (Å²) < 4.78 is 25.5. The summed E-state index contributed by atoms with van der Waals surface area (Å²) in [7, 11) is -3.70. The van der Waals surface area contributed by atoms with Gasteiger partial charge in [-0.05, 0) is 207 Å². The largest absolute Gasteiger partial charge is 0.508 e. The van der Waals surface area contributed by atoms with Crippen LogP contribution in [0.15, 0.2) is 72.8 Å². The molecule has 0 spiro atoms. The van der Waals surface area contributed by atoms with Crippen molar-refractivity contribution in [1.29, 1.82) is 0 Å². The van der Waals surface area contributed by atoms with Crippen LogP contribution in [0, 0.1) is 38.5 Å². The van der Waals surface area contributed by atoms with Crippen LogP contribution in [-0.2, 0) is 42.1 Å². The molecular formula is C70H112O6Si2. The van der Waals surface area contributed by atoms with Gasteiger partial charge in [-0.3, -0.25) is 4.79 Å². The molecular weight excluding hydrogens is 993 g/mol. The Morgan fingerprint density at radius 3 is 1.26 bits per heavy atom. The van der Waals surface area contributed by atoms with Crippen LogP contribution in [0.3, 0.4) is 0 Å². The highest BCUT2D eigenvalue weighted by molar-refractivity contribution is 6.74. The van der Waals surface area contributed by atoms with Gasteiger partial charge in [0.05, 0.1) is 12.2 Å². The predicted molar refractivity (Wildman–Crippen MR) is 338 cm³/mol. The maximum Gasteiger partial charge on any atom is 0.306 e. The first-order valence-corrected chi connectivity index (χ1v) is 36.0. The quantitative estimate of drug-likeness (QED) is 0.0662. The van der Waals surface area contributed by atoms with Crippen LogP contribution < -0.4 is 4.74 Å². The fourth-order valence-corrected chi connectivity index (χ4v) is 14.2. The van der Waals surface area contributed by atoms with Crippen molar-refractivity contribution in [2.24, 2.45) is 10.8 Å². The zero-order valence-electron chi connectivity index (χ0n) is 54.1. The molecule has 8 heteroatoms. The number of hydrogen-bond acceptors (Lipinski definition) is 6. The molecule has 2 unspecified atom stereocenters. The molecule has 0 radical (unpaired) electrons. The van der Waals surface area contributed by atoms with E-state index < -0.39 is 16.6 Å². The lowest BCUT2D eigenvalue weighted by Crippen LogP contribution is -2.47. The van der Waals surface area contributed by atoms with Gasteiger partial charge in [-0.15, -0.1) is 0 Å². The van der Waals surface area contributed by atoms with E-state index in [-0.39, 0.29) is 56.0 Å². The number of carbonyl (C=O) groups excluding carboxylic acids is 1. The number of phenolic OH excluding ortho intramolecular Hbond substituents is 1. The number of phenols is 1.